The Morgan fingerprint density at radius 3 is 2.44 bits per heavy atom. The fourth-order valence-electron chi connectivity index (χ4n) is 3.56. The fourth-order valence-corrected chi connectivity index (χ4v) is 4.05. The van der Waals surface area contributed by atoms with Crippen LogP contribution in [0.5, 0.6) is 11.5 Å². The first kappa shape index (κ1) is 27.7. The minimum atomic E-state index is -0.597. The number of halogens is 1. The van der Waals surface area contributed by atoms with E-state index in [0.29, 0.717) is 24.5 Å². The summed E-state index contributed by atoms with van der Waals surface area (Å²) >= 11 is 3.56. The second-order valence-electron chi connectivity index (χ2n) is 9.27. The molecule has 1 N–H and O–H groups in total. The molecule has 0 aliphatic rings. The van der Waals surface area contributed by atoms with E-state index in [0.717, 1.165) is 22.0 Å². The Kier molecular flexibility index (Phi) is 10.4. The van der Waals surface area contributed by atoms with E-state index in [4.69, 9.17) is 9.47 Å². The number of amides is 2. The lowest BCUT2D eigenvalue weighted by Gasteiger charge is -2.30. The van der Waals surface area contributed by atoms with Gasteiger partial charge in [0.05, 0.1) is 11.6 Å². The molecule has 2 amide bonds. The molecular formula is C27H37BrN2O4. The molecule has 186 valence electrons. The first-order valence-corrected chi connectivity index (χ1v) is 12.5. The van der Waals surface area contributed by atoms with Gasteiger partial charge in [0.15, 0.2) is 6.61 Å². The molecule has 2 rings (SSSR count). The molecule has 0 saturated heterocycles. The van der Waals surface area contributed by atoms with E-state index < -0.39 is 6.04 Å². The molecule has 0 saturated carbocycles. The number of benzene rings is 2. The highest BCUT2D eigenvalue weighted by atomic mass is 79.9. The average molecular weight is 534 g/mol. The zero-order valence-corrected chi connectivity index (χ0v) is 22.7. The van der Waals surface area contributed by atoms with Crippen molar-refractivity contribution >= 4 is 27.7 Å². The number of carbonyl (C=O) groups is 2. The van der Waals surface area contributed by atoms with Gasteiger partial charge >= 0.3 is 0 Å². The predicted octanol–water partition coefficient (Wildman–Crippen LogP) is 5.47. The maximum Gasteiger partial charge on any atom is 0.261 e. The van der Waals surface area contributed by atoms with Gasteiger partial charge in [0.1, 0.15) is 17.5 Å². The van der Waals surface area contributed by atoms with Crippen molar-refractivity contribution in [2.45, 2.75) is 65.5 Å². The quantitative estimate of drug-likeness (QED) is 0.416. The minimum absolute atomic E-state index is 0.00457. The third kappa shape index (κ3) is 7.76. The van der Waals surface area contributed by atoms with Crippen molar-refractivity contribution in [2.75, 3.05) is 20.3 Å². The van der Waals surface area contributed by atoms with Crippen LogP contribution in [-0.2, 0) is 21.5 Å². The summed E-state index contributed by atoms with van der Waals surface area (Å²) in [5.74, 6) is 0.878. The number of hydrogen-bond acceptors (Lipinski definition) is 4. The molecule has 7 heteroatoms. The van der Waals surface area contributed by atoms with Crippen molar-refractivity contribution in [3.8, 4) is 11.5 Å². The van der Waals surface area contributed by atoms with E-state index >= 15 is 0 Å². The van der Waals surface area contributed by atoms with Gasteiger partial charge in [0, 0.05) is 13.1 Å². The summed E-state index contributed by atoms with van der Waals surface area (Å²) in [5, 5.41) is 2.92. The van der Waals surface area contributed by atoms with Crippen molar-refractivity contribution < 1.29 is 19.1 Å². The van der Waals surface area contributed by atoms with Crippen molar-refractivity contribution in [1.29, 1.82) is 0 Å². The highest BCUT2D eigenvalue weighted by Crippen LogP contribution is 2.31. The summed E-state index contributed by atoms with van der Waals surface area (Å²) in [5.41, 5.74) is 2.05. The molecule has 2 aromatic rings. The van der Waals surface area contributed by atoms with Crippen LogP contribution in [0.15, 0.2) is 46.9 Å². The molecule has 6 nitrogen and oxygen atoms in total. The second-order valence-corrected chi connectivity index (χ2v) is 10.1. The molecule has 34 heavy (non-hydrogen) atoms. The maximum absolute atomic E-state index is 13.4. The number of ether oxygens (including phenoxy) is 2. The number of carbonyl (C=O) groups excluding carboxylic acids is 2. The molecule has 0 unspecified atom stereocenters. The van der Waals surface area contributed by atoms with Gasteiger partial charge in [-0.1, -0.05) is 52.8 Å². The Balaban J connectivity index is 2.24. The summed E-state index contributed by atoms with van der Waals surface area (Å²) < 4.78 is 12.0. The van der Waals surface area contributed by atoms with Crippen LogP contribution in [0, 0.1) is 0 Å². The highest BCUT2D eigenvalue weighted by molar-refractivity contribution is 9.10. The van der Waals surface area contributed by atoms with E-state index in [1.165, 1.54) is 0 Å². The van der Waals surface area contributed by atoms with E-state index in [9.17, 15) is 9.59 Å². The van der Waals surface area contributed by atoms with Gasteiger partial charge < -0.3 is 19.7 Å². The smallest absolute Gasteiger partial charge is 0.261 e. The fraction of sp³-hybridized carbons (Fsp3) is 0.481. The maximum atomic E-state index is 13.4. The van der Waals surface area contributed by atoms with Gasteiger partial charge in [-0.25, -0.2) is 0 Å². The Hall–Kier alpha value is -2.54. The standard InChI is InChI=1S/C27H37BrN2O4/c1-7-14-29-26(32)23(8-2)30(17-19-10-9-11-21(15-19)33-6)25(31)18-34-24-13-12-20(16-22(24)28)27(3,4)5/h9-13,15-16,23H,7-8,14,17-18H2,1-6H3,(H,29,32)/t23-/m0/s1. The minimum Gasteiger partial charge on any atom is -0.497 e. The third-order valence-corrected chi connectivity index (χ3v) is 6.19. The Morgan fingerprint density at radius 2 is 1.85 bits per heavy atom. The lowest BCUT2D eigenvalue weighted by Crippen LogP contribution is -2.50. The topological polar surface area (TPSA) is 67.9 Å². The van der Waals surface area contributed by atoms with Crippen molar-refractivity contribution in [3.63, 3.8) is 0 Å². The number of nitrogens with one attached hydrogen (secondary N) is 1. The van der Waals surface area contributed by atoms with Gasteiger partial charge in [0.25, 0.3) is 5.91 Å². The SMILES string of the molecule is CCCNC(=O)[C@H](CC)N(Cc1cccc(OC)c1)C(=O)COc1ccc(C(C)(C)C)cc1Br. The van der Waals surface area contributed by atoms with Crippen LogP contribution in [0.2, 0.25) is 0 Å². The summed E-state index contributed by atoms with van der Waals surface area (Å²) in [6.07, 6.45) is 1.32. The zero-order valence-electron chi connectivity index (χ0n) is 21.1. The molecule has 0 fully saturated rings. The van der Waals surface area contributed by atoms with Crippen LogP contribution in [0.25, 0.3) is 0 Å². The predicted molar refractivity (Wildman–Crippen MR) is 139 cm³/mol. The molecule has 0 spiro atoms. The lowest BCUT2D eigenvalue weighted by molar-refractivity contribution is -0.143. The van der Waals surface area contributed by atoms with Crippen LogP contribution in [0.3, 0.4) is 0 Å². The summed E-state index contributed by atoms with van der Waals surface area (Å²) in [4.78, 5) is 27.8. The molecule has 0 bridgehead atoms. The van der Waals surface area contributed by atoms with Crippen LogP contribution in [0.1, 0.15) is 58.6 Å². The molecule has 2 aromatic carbocycles. The molecule has 0 radical (unpaired) electrons. The Bertz CT molecular complexity index is 971. The Morgan fingerprint density at radius 1 is 1.12 bits per heavy atom. The lowest BCUT2D eigenvalue weighted by atomic mass is 9.87. The van der Waals surface area contributed by atoms with Gasteiger partial charge in [-0.05, 0) is 69.6 Å². The van der Waals surface area contributed by atoms with Gasteiger partial charge in [-0.15, -0.1) is 0 Å². The van der Waals surface area contributed by atoms with E-state index in [1.807, 2.05) is 56.3 Å². The van der Waals surface area contributed by atoms with Crippen molar-refractivity contribution in [1.82, 2.24) is 10.2 Å². The first-order chi connectivity index (χ1) is 16.1. The van der Waals surface area contributed by atoms with Crippen LogP contribution in [-0.4, -0.2) is 43.0 Å². The summed E-state index contributed by atoms with van der Waals surface area (Å²) in [6.45, 7) is 11.0. The molecule has 0 aromatic heterocycles. The summed E-state index contributed by atoms with van der Waals surface area (Å²) in [7, 11) is 1.60. The normalized spacial score (nSPS) is 12.1. The molecular weight excluding hydrogens is 496 g/mol. The van der Waals surface area contributed by atoms with Crippen molar-refractivity contribution in [2.24, 2.45) is 0 Å². The zero-order chi connectivity index (χ0) is 25.3. The molecule has 0 heterocycles. The van der Waals surface area contributed by atoms with Crippen LogP contribution in [0.4, 0.5) is 0 Å². The molecule has 1 atom stereocenters. The summed E-state index contributed by atoms with van der Waals surface area (Å²) in [6, 6.07) is 12.8. The number of hydrogen-bond donors (Lipinski definition) is 1. The highest BCUT2D eigenvalue weighted by Gasteiger charge is 2.29. The number of nitrogens with zero attached hydrogens (tertiary/aromatic N) is 1. The van der Waals surface area contributed by atoms with Gasteiger partial charge in [-0.3, -0.25) is 9.59 Å². The largest absolute Gasteiger partial charge is 0.497 e. The van der Waals surface area contributed by atoms with Crippen LogP contribution >= 0.6 is 15.9 Å². The Labute approximate surface area is 212 Å². The second kappa shape index (κ2) is 12.8. The van der Waals surface area contributed by atoms with Crippen molar-refractivity contribution in [3.05, 3.63) is 58.1 Å². The van der Waals surface area contributed by atoms with E-state index in [2.05, 4.69) is 42.0 Å². The number of rotatable bonds is 11. The van der Waals surface area contributed by atoms with Crippen LogP contribution < -0.4 is 14.8 Å². The average Bonchev–Trinajstić information content (AvgIpc) is 2.81. The van der Waals surface area contributed by atoms with E-state index in [1.54, 1.807) is 12.0 Å². The third-order valence-electron chi connectivity index (χ3n) is 5.57. The van der Waals surface area contributed by atoms with Gasteiger partial charge in [-0.2, -0.15) is 0 Å². The molecule has 0 aliphatic carbocycles. The van der Waals surface area contributed by atoms with E-state index in [-0.39, 0.29) is 30.4 Å². The van der Waals surface area contributed by atoms with Gasteiger partial charge in [0.2, 0.25) is 5.91 Å². The number of methoxy groups -OCH3 is 1. The molecule has 0 aliphatic heterocycles. The monoisotopic (exact) mass is 532 g/mol. The first-order valence-electron chi connectivity index (χ1n) is 11.7.